The highest BCUT2D eigenvalue weighted by Gasteiger charge is 2.21. The van der Waals surface area contributed by atoms with E-state index in [2.05, 4.69) is 20.9 Å². The maximum Gasteiger partial charge on any atom is 0.407 e. The molecule has 2 rings (SSSR count). The molecule has 0 bridgehead atoms. The van der Waals surface area contributed by atoms with E-state index < -0.39 is 6.09 Å². The van der Waals surface area contributed by atoms with Crippen LogP contribution >= 0.6 is 15.9 Å². The van der Waals surface area contributed by atoms with Crippen molar-refractivity contribution in [1.29, 1.82) is 0 Å². The van der Waals surface area contributed by atoms with E-state index in [0.717, 1.165) is 10.4 Å². The smallest absolute Gasteiger partial charge is 0.407 e. The summed E-state index contributed by atoms with van der Waals surface area (Å²) in [6.07, 6.45) is 0.986. The number of carbonyl (C=O) groups is 1. The summed E-state index contributed by atoms with van der Waals surface area (Å²) in [5.41, 5.74) is 0. The summed E-state index contributed by atoms with van der Waals surface area (Å²) in [7, 11) is 0. The van der Waals surface area contributed by atoms with Crippen molar-refractivity contribution in [1.82, 2.24) is 14.5 Å². The van der Waals surface area contributed by atoms with Crippen molar-refractivity contribution < 1.29 is 9.90 Å². The number of amides is 1. The van der Waals surface area contributed by atoms with Crippen LogP contribution in [-0.4, -0.2) is 32.2 Å². The lowest BCUT2D eigenvalue weighted by molar-refractivity contribution is 0.131. The summed E-state index contributed by atoms with van der Waals surface area (Å²) in [4.78, 5) is 16.2. The van der Waals surface area contributed by atoms with Gasteiger partial charge in [0.25, 0.3) is 0 Å². The number of imidazole rings is 1. The SMILES string of the molecule is O=C(O)N1CCn2cc(Br)nc2C1. The predicted octanol–water partition coefficient (Wildman–Crippen LogP) is 1.14. The first-order chi connectivity index (χ1) is 6.16. The summed E-state index contributed by atoms with van der Waals surface area (Å²) >= 11 is 3.25. The fourth-order valence-electron chi connectivity index (χ4n) is 1.38. The number of aromatic nitrogens is 2. The molecule has 70 valence electrons. The molecule has 6 heteroatoms. The van der Waals surface area contributed by atoms with E-state index in [1.165, 1.54) is 4.90 Å². The first kappa shape index (κ1) is 8.55. The van der Waals surface area contributed by atoms with Gasteiger partial charge in [0.15, 0.2) is 0 Å². The number of halogens is 1. The van der Waals surface area contributed by atoms with E-state index in [4.69, 9.17) is 5.11 Å². The molecule has 0 unspecified atom stereocenters. The molecule has 1 amide bonds. The first-order valence-electron chi connectivity index (χ1n) is 3.86. The molecule has 0 aromatic carbocycles. The molecule has 0 spiro atoms. The zero-order valence-corrected chi connectivity index (χ0v) is 8.36. The van der Waals surface area contributed by atoms with Crippen LogP contribution < -0.4 is 0 Å². The molecule has 1 aliphatic heterocycles. The van der Waals surface area contributed by atoms with Crippen molar-refractivity contribution in [3.8, 4) is 0 Å². The van der Waals surface area contributed by atoms with Crippen molar-refractivity contribution in [3.05, 3.63) is 16.6 Å². The Balaban J connectivity index is 2.24. The lowest BCUT2D eigenvalue weighted by Crippen LogP contribution is -2.37. The molecule has 0 radical (unpaired) electrons. The van der Waals surface area contributed by atoms with Gasteiger partial charge in [-0.2, -0.15) is 0 Å². The molecule has 0 aliphatic carbocycles. The molecule has 0 saturated carbocycles. The van der Waals surface area contributed by atoms with Crippen LogP contribution in [0.15, 0.2) is 10.8 Å². The molecule has 0 saturated heterocycles. The zero-order valence-electron chi connectivity index (χ0n) is 6.77. The second-order valence-corrected chi connectivity index (χ2v) is 3.69. The van der Waals surface area contributed by atoms with Crippen LogP contribution in [0.2, 0.25) is 0 Å². The van der Waals surface area contributed by atoms with Crippen molar-refractivity contribution >= 4 is 22.0 Å². The fraction of sp³-hybridized carbons (Fsp3) is 0.429. The third-order valence-corrected chi connectivity index (χ3v) is 2.43. The van der Waals surface area contributed by atoms with Gasteiger partial charge in [0, 0.05) is 19.3 Å². The molecule has 13 heavy (non-hydrogen) atoms. The molecule has 1 N–H and O–H groups in total. The first-order valence-corrected chi connectivity index (χ1v) is 4.65. The number of fused-ring (bicyclic) bond motifs is 1. The summed E-state index contributed by atoms with van der Waals surface area (Å²) in [6, 6.07) is 0. The molecule has 1 aliphatic rings. The summed E-state index contributed by atoms with van der Waals surface area (Å²) < 4.78 is 2.72. The maximum absolute atomic E-state index is 10.6. The minimum atomic E-state index is -0.884. The Labute approximate surface area is 83.1 Å². The van der Waals surface area contributed by atoms with Gasteiger partial charge in [-0.15, -0.1) is 0 Å². The van der Waals surface area contributed by atoms with Crippen LogP contribution in [0.25, 0.3) is 0 Å². The topological polar surface area (TPSA) is 58.4 Å². The highest BCUT2D eigenvalue weighted by molar-refractivity contribution is 9.10. The quantitative estimate of drug-likeness (QED) is 0.746. The van der Waals surface area contributed by atoms with Crippen molar-refractivity contribution in [2.75, 3.05) is 6.54 Å². The normalized spacial score (nSPS) is 15.6. The van der Waals surface area contributed by atoms with Gasteiger partial charge in [0.2, 0.25) is 0 Å². The van der Waals surface area contributed by atoms with Crippen LogP contribution in [0, 0.1) is 0 Å². The average Bonchev–Trinajstić information content (AvgIpc) is 2.42. The third kappa shape index (κ3) is 1.53. The Hall–Kier alpha value is -1.04. The Morgan fingerprint density at radius 3 is 3.08 bits per heavy atom. The monoisotopic (exact) mass is 245 g/mol. The van der Waals surface area contributed by atoms with E-state index in [0.29, 0.717) is 19.6 Å². The van der Waals surface area contributed by atoms with Crippen molar-refractivity contribution in [3.63, 3.8) is 0 Å². The van der Waals surface area contributed by atoms with E-state index in [-0.39, 0.29) is 0 Å². The lowest BCUT2D eigenvalue weighted by Gasteiger charge is -2.24. The second-order valence-electron chi connectivity index (χ2n) is 2.88. The van der Waals surface area contributed by atoms with Crippen LogP contribution in [0.5, 0.6) is 0 Å². The number of carboxylic acid groups (broad SMARTS) is 1. The zero-order chi connectivity index (χ0) is 9.42. The van der Waals surface area contributed by atoms with E-state index >= 15 is 0 Å². The molecule has 1 aromatic rings. The van der Waals surface area contributed by atoms with Crippen LogP contribution in [0.1, 0.15) is 5.82 Å². The van der Waals surface area contributed by atoms with Crippen LogP contribution in [0.4, 0.5) is 4.79 Å². The van der Waals surface area contributed by atoms with Gasteiger partial charge in [0.1, 0.15) is 10.4 Å². The molecule has 0 atom stereocenters. The summed E-state index contributed by atoms with van der Waals surface area (Å²) in [5.74, 6) is 0.792. The fourth-order valence-corrected chi connectivity index (χ4v) is 1.83. The Morgan fingerprint density at radius 1 is 1.62 bits per heavy atom. The van der Waals surface area contributed by atoms with Gasteiger partial charge in [0.05, 0.1) is 6.54 Å². The number of rotatable bonds is 0. The number of hydrogen-bond acceptors (Lipinski definition) is 2. The molecule has 0 fully saturated rings. The van der Waals surface area contributed by atoms with Gasteiger partial charge >= 0.3 is 6.09 Å². The maximum atomic E-state index is 10.6. The molecule has 1 aromatic heterocycles. The minimum absolute atomic E-state index is 0.376. The number of hydrogen-bond donors (Lipinski definition) is 1. The second kappa shape index (κ2) is 3.02. The summed E-state index contributed by atoms with van der Waals surface area (Å²) in [5, 5.41) is 8.75. The minimum Gasteiger partial charge on any atom is -0.465 e. The van der Waals surface area contributed by atoms with E-state index in [1.807, 2.05) is 10.8 Å². The van der Waals surface area contributed by atoms with Gasteiger partial charge in [-0.25, -0.2) is 9.78 Å². The highest BCUT2D eigenvalue weighted by Crippen LogP contribution is 2.15. The standard InChI is InChI=1S/C7H8BrN3O2/c8-5-3-10-1-2-11(7(12)13)4-6(10)9-5/h3H,1-2,4H2,(H,12,13). The van der Waals surface area contributed by atoms with E-state index in [1.54, 1.807) is 0 Å². The van der Waals surface area contributed by atoms with E-state index in [9.17, 15) is 4.79 Å². The molecule has 2 heterocycles. The Morgan fingerprint density at radius 2 is 2.38 bits per heavy atom. The van der Waals surface area contributed by atoms with Crippen molar-refractivity contribution in [2.45, 2.75) is 13.1 Å². The van der Waals surface area contributed by atoms with Gasteiger partial charge < -0.3 is 9.67 Å². The molecular formula is C7H8BrN3O2. The Kier molecular flexibility index (Phi) is 1.99. The average molecular weight is 246 g/mol. The predicted molar refractivity (Wildman–Crippen MR) is 48.4 cm³/mol. The largest absolute Gasteiger partial charge is 0.465 e. The van der Waals surface area contributed by atoms with Gasteiger partial charge in [-0.05, 0) is 15.9 Å². The third-order valence-electron chi connectivity index (χ3n) is 2.04. The highest BCUT2D eigenvalue weighted by atomic mass is 79.9. The Bertz CT molecular complexity index is 350. The summed E-state index contributed by atoms with van der Waals surface area (Å²) in [6.45, 7) is 1.59. The van der Waals surface area contributed by atoms with Crippen LogP contribution in [-0.2, 0) is 13.1 Å². The van der Waals surface area contributed by atoms with Gasteiger partial charge in [-0.1, -0.05) is 0 Å². The van der Waals surface area contributed by atoms with Crippen LogP contribution in [0.3, 0.4) is 0 Å². The van der Waals surface area contributed by atoms with Gasteiger partial charge in [-0.3, -0.25) is 4.90 Å². The molecule has 5 nitrogen and oxygen atoms in total. The van der Waals surface area contributed by atoms with Crippen molar-refractivity contribution in [2.24, 2.45) is 0 Å². The lowest BCUT2D eigenvalue weighted by atomic mass is 10.4. The number of nitrogens with zero attached hydrogens (tertiary/aromatic N) is 3. The molecular weight excluding hydrogens is 238 g/mol.